The van der Waals surface area contributed by atoms with Crippen molar-refractivity contribution in [2.75, 3.05) is 32.0 Å². The van der Waals surface area contributed by atoms with Gasteiger partial charge in [0.1, 0.15) is 17.8 Å². The average Bonchev–Trinajstić information content (AvgIpc) is 2.97. The quantitative estimate of drug-likeness (QED) is 0.210. The summed E-state index contributed by atoms with van der Waals surface area (Å²) in [7, 11) is 4.31. The summed E-state index contributed by atoms with van der Waals surface area (Å²) < 4.78 is 43.2. The summed E-state index contributed by atoms with van der Waals surface area (Å²) >= 11 is 0. The number of ether oxygens (including phenoxy) is 3. The van der Waals surface area contributed by atoms with E-state index >= 15 is 0 Å². The summed E-state index contributed by atoms with van der Waals surface area (Å²) in [6, 6.07) is 17.1. The first-order valence-corrected chi connectivity index (χ1v) is 12.6. The number of methoxy groups -OCH3 is 3. The molecular weight excluding hydrogens is 534 g/mol. The molecule has 3 aromatic carbocycles. The van der Waals surface area contributed by atoms with E-state index in [0.29, 0.717) is 17.1 Å². The van der Waals surface area contributed by atoms with Gasteiger partial charge in [0.25, 0.3) is 12.0 Å². The molecule has 1 aromatic heterocycles. The van der Waals surface area contributed by atoms with Gasteiger partial charge in [-0.3, -0.25) is 9.36 Å². The lowest BCUT2D eigenvalue weighted by Gasteiger charge is -2.26. The number of anilines is 2. The van der Waals surface area contributed by atoms with E-state index in [-0.39, 0.29) is 41.4 Å². The predicted octanol–water partition coefficient (Wildman–Crippen LogP) is 5.07. The van der Waals surface area contributed by atoms with Gasteiger partial charge in [-0.2, -0.15) is 0 Å². The molecule has 0 aliphatic carbocycles. The molecule has 1 heterocycles. The molecule has 2 N–H and O–H groups in total. The van der Waals surface area contributed by atoms with Crippen molar-refractivity contribution >= 4 is 17.5 Å². The Morgan fingerprint density at radius 1 is 0.951 bits per heavy atom. The molecule has 0 atom stereocenters. The van der Waals surface area contributed by atoms with Gasteiger partial charge in [0, 0.05) is 18.7 Å². The third-order valence-corrected chi connectivity index (χ3v) is 6.55. The van der Waals surface area contributed by atoms with Gasteiger partial charge < -0.3 is 24.8 Å². The van der Waals surface area contributed by atoms with Crippen LogP contribution in [0, 0.1) is 6.92 Å². The van der Waals surface area contributed by atoms with Gasteiger partial charge in [0.2, 0.25) is 0 Å². The minimum absolute atomic E-state index is 0.0545. The van der Waals surface area contributed by atoms with E-state index in [2.05, 4.69) is 4.98 Å². The zero-order valence-electron chi connectivity index (χ0n) is 23.1. The summed E-state index contributed by atoms with van der Waals surface area (Å²) in [5.74, 6) is 0.543. The highest BCUT2D eigenvalue weighted by atomic mass is 19.3. The summed E-state index contributed by atoms with van der Waals surface area (Å²) in [6.07, 6.45) is -1.50. The van der Waals surface area contributed by atoms with Crippen LogP contribution in [0.4, 0.5) is 20.3 Å². The monoisotopic (exact) mass is 564 g/mol. The second kappa shape index (κ2) is 12.5. The van der Waals surface area contributed by atoms with Crippen LogP contribution in [0.25, 0.3) is 5.69 Å². The fourth-order valence-corrected chi connectivity index (χ4v) is 4.52. The normalized spacial score (nSPS) is 10.9. The number of carbonyl (C=O) groups excluding carboxylic acids is 1. The zero-order chi connectivity index (χ0) is 29.7. The van der Waals surface area contributed by atoms with Crippen molar-refractivity contribution < 1.29 is 27.8 Å². The number of aromatic nitrogens is 2. The maximum Gasteiger partial charge on any atom is 0.347 e. The van der Waals surface area contributed by atoms with Gasteiger partial charge in [0.05, 0.1) is 32.7 Å². The Labute approximate surface area is 235 Å². The van der Waals surface area contributed by atoms with Crippen LogP contribution in [0.1, 0.15) is 39.0 Å². The average molecular weight is 565 g/mol. The number of nitrogens with zero attached hydrogens (tertiary/aromatic N) is 3. The Bertz CT molecular complexity index is 1520. The SMILES string of the molecule is COC(=O)c1c(N(Cc2ccc(OC)cc2)Cc2ccc(OC)cc2)ncn(-c2c(C)cc(C(F)F)cc2N)c1=O. The van der Waals surface area contributed by atoms with Gasteiger partial charge in [0.15, 0.2) is 11.4 Å². The summed E-state index contributed by atoms with van der Waals surface area (Å²) in [4.78, 5) is 33.2. The minimum Gasteiger partial charge on any atom is -0.497 e. The third kappa shape index (κ3) is 6.29. The van der Waals surface area contributed by atoms with E-state index in [0.717, 1.165) is 28.9 Å². The number of halogens is 2. The van der Waals surface area contributed by atoms with E-state index in [1.807, 2.05) is 48.5 Å². The molecule has 0 spiro atoms. The maximum atomic E-state index is 13.8. The van der Waals surface area contributed by atoms with Crippen LogP contribution >= 0.6 is 0 Å². The largest absolute Gasteiger partial charge is 0.497 e. The molecule has 0 fully saturated rings. The van der Waals surface area contributed by atoms with Crippen molar-refractivity contribution in [3.63, 3.8) is 0 Å². The van der Waals surface area contributed by atoms with Crippen LogP contribution in [0.3, 0.4) is 0 Å². The van der Waals surface area contributed by atoms with Crippen LogP contribution in [-0.4, -0.2) is 36.8 Å². The maximum absolute atomic E-state index is 13.8. The Kier molecular flexibility index (Phi) is 8.86. The Morgan fingerprint density at radius 3 is 1.93 bits per heavy atom. The summed E-state index contributed by atoms with van der Waals surface area (Å²) in [6.45, 7) is 2.11. The standard InChI is InChI=1S/C30H30F2N4O5/c1-18-13-21(27(31)32)14-24(33)26(18)36-17-34-28(25(29(36)37)30(38)41-4)35(15-19-5-9-22(39-2)10-6-19)16-20-7-11-23(40-3)12-8-20/h5-14,17,27H,15-16,33H2,1-4H3. The molecule has 0 bridgehead atoms. The Hall–Kier alpha value is -4.93. The molecule has 0 aliphatic heterocycles. The molecule has 4 rings (SSSR count). The molecule has 0 aliphatic rings. The van der Waals surface area contributed by atoms with Gasteiger partial charge in [-0.25, -0.2) is 18.6 Å². The van der Waals surface area contributed by atoms with Crippen LogP contribution in [0.5, 0.6) is 11.5 Å². The highest BCUT2D eigenvalue weighted by Crippen LogP contribution is 2.29. The number of esters is 1. The number of alkyl halides is 2. The first-order chi connectivity index (χ1) is 19.7. The van der Waals surface area contributed by atoms with Crippen molar-refractivity contribution in [2.24, 2.45) is 0 Å². The van der Waals surface area contributed by atoms with E-state index in [4.69, 9.17) is 19.9 Å². The lowest BCUT2D eigenvalue weighted by atomic mass is 10.1. The molecule has 11 heteroatoms. The molecular formula is C30H30F2N4O5. The molecule has 9 nitrogen and oxygen atoms in total. The van der Waals surface area contributed by atoms with E-state index in [1.54, 1.807) is 26.0 Å². The molecule has 0 saturated carbocycles. The number of rotatable bonds is 10. The highest BCUT2D eigenvalue weighted by molar-refractivity contribution is 5.94. The number of benzene rings is 3. The van der Waals surface area contributed by atoms with Gasteiger partial charge >= 0.3 is 5.97 Å². The number of hydrogen-bond acceptors (Lipinski definition) is 8. The summed E-state index contributed by atoms with van der Waals surface area (Å²) in [5.41, 5.74) is 6.89. The molecule has 214 valence electrons. The van der Waals surface area contributed by atoms with Crippen molar-refractivity contribution in [1.82, 2.24) is 9.55 Å². The summed E-state index contributed by atoms with van der Waals surface area (Å²) in [5, 5.41) is 0. The van der Waals surface area contributed by atoms with Crippen molar-refractivity contribution in [2.45, 2.75) is 26.4 Å². The van der Waals surface area contributed by atoms with Crippen LogP contribution in [0.15, 0.2) is 71.8 Å². The zero-order valence-corrected chi connectivity index (χ0v) is 23.1. The van der Waals surface area contributed by atoms with Crippen LogP contribution < -0.4 is 25.7 Å². The molecule has 0 radical (unpaired) electrons. The number of carbonyl (C=O) groups is 1. The first-order valence-electron chi connectivity index (χ1n) is 12.6. The highest BCUT2D eigenvalue weighted by Gasteiger charge is 2.26. The van der Waals surface area contributed by atoms with E-state index in [9.17, 15) is 18.4 Å². The number of hydrogen-bond donors (Lipinski definition) is 1. The molecule has 0 saturated heterocycles. The first kappa shape index (κ1) is 29.1. The lowest BCUT2D eigenvalue weighted by Crippen LogP contribution is -2.33. The third-order valence-electron chi connectivity index (χ3n) is 6.55. The topological polar surface area (TPSA) is 109 Å². The van der Waals surface area contributed by atoms with Gasteiger partial charge in [-0.1, -0.05) is 24.3 Å². The van der Waals surface area contributed by atoms with E-state index < -0.39 is 18.0 Å². The molecule has 41 heavy (non-hydrogen) atoms. The van der Waals surface area contributed by atoms with Crippen molar-refractivity contribution in [3.8, 4) is 17.2 Å². The number of aryl methyl sites for hydroxylation is 1. The molecule has 0 unspecified atom stereocenters. The van der Waals surface area contributed by atoms with E-state index in [1.165, 1.54) is 12.4 Å². The second-order valence-corrected chi connectivity index (χ2v) is 9.24. The number of nitrogen functional groups attached to an aromatic ring is 1. The number of nitrogens with two attached hydrogens (primary N) is 1. The molecule has 0 amide bonds. The predicted molar refractivity (Wildman–Crippen MR) is 151 cm³/mol. The second-order valence-electron chi connectivity index (χ2n) is 9.24. The fourth-order valence-electron chi connectivity index (χ4n) is 4.52. The lowest BCUT2D eigenvalue weighted by molar-refractivity contribution is 0.0598. The minimum atomic E-state index is -2.74. The van der Waals surface area contributed by atoms with Gasteiger partial charge in [-0.05, 0) is 60.0 Å². The van der Waals surface area contributed by atoms with Crippen molar-refractivity contribution in [3.05, 3.63) is 105 Å². The van der Waals surface area contributed by atoms with Crippen molar-refractivity contribution in [1.29, 1.82) is 0 Å². The molecule has 4 aromatic rings. The Morgan fingerprint density at radius 2 is 1.49 bits per heavy atom. The van der Waals surface area contributed by atoms with Crippen LogP contribution in [-0.2, 0) is 17.8 Å². The Balaban J connectivity index is 1.86. The smallest absolute Gasteiger partial charge is 0.347 e. The fraction of sp³-hybridized carbons (Fsp3) is 0.233. The van der Waals surface area contributed by atoms with Crippen LogP contribution in [0.2, 0.25) is 0 Å². The van der Waals surface area contributed by atoms with Gasteiger partial charge in [-0.15, -0.1) is 0 Å².